The SMILES string of the molecule is COC(=O)c1ccc2c(-n3cc([N+](=O)[O-])c(C)n3)cccc2n1. The molecule has 0 N–H and O–H groups in total. The Hall–Kier alpha value is -3.29. The van der Waals surface area contributed by atoms with E-state index < -0.39 is 10.9 Å². The van der Waals surface area contributed by atoms with Crippen LogP contribution in [0.15, 0.2) is 36.5 Å². The molecule has 0 amide bonds. The van der Waals surface area contributed by atoms with Gasteiger partial charge >= 0.3 is 11.7 Å². The molecule has 0 unspecified atom stereocenters. The number of carbonyl (C=O) groups is 1. The van der Waals surface area contributed by atoms with Crippen molar-refractivity contribution in [1.82, 2.24) is 14.8 Å². The zero-order valence-electron chi connectivity index (χ0n) is 12.4. The van der Waals surface area contributed by atoms with Crippen molar-refractivity contribution in [3.63, 3.8) is 0 Å². The van der Waals surface area contributed by atoms with Gasteiger partial charge in [0.1, 0.15) is 17.6 Å². The van der Waals surface area contributed by atoms with Crippen LogP contribution in [-0.4, -0.2) is 32.8 Å². The van der Waals surface area contributed by atoms with Gasteiger partial charge in [0.2, 0.25) is 0 Å². The van der Waals surface area contributed by atoms with Crippen LogP contribution in [0.4, 0.5) is 5.69 Å². The van der Waals surface area contributed by atoms with Crippen LogP contribution < -0.4 is 0 Å². The first-order valence-electron chi connectivity index (χ1n) is 6.70. The minimum atomic E-state index is -0.525. The van der Waals surface area contributed by atoms with Crippen molar-refractivity contribution >= 4 is 22.6 Å². The first kappa shape index (κ1) is 14.6. The van der Waals surface area contributed by atoms with E-state index in [0.717, 1.165) is 5.39 Å². The molecule has 0 aliphatic heterocycles. The molecule has 3 rings (SSSR count). The third-order valence-electron chi connectivity index (χ3n) is 3.42. The van der Waals surface area contributed by atoms with Crippen molar-refractivity contribution in [1.29, 1.82) is 0 Å². The van der Waals surface area contributed by atoms with E-state index in [2.05, 4.69) is 14.8 Å². The fourth-order valence-corrected chi connectivity index (χ4v) is 2.31. The number of nitrogens with zero attached hydrogens (tertiary/aromatic N) is 4. The number of carbonyl (C=O) groups excluding carboxylic acids is 1. The number of fused-ring (bicyclic) bond motifs is 1. The largest absolute Gasteiger partial charge is 0.464 e. The molecule has 8 nitrogen and oxygen atoms in total. The number of aromatic nitrogens is 3. The van der Waals surface area contributed by atoms with Gasteiger partial charge in [-0.3, -0.25) is 10.1 Å². The van der Waals surface area contributed by atoms with Gasteiger partial charge in [0.15, 0.2) is 0 Å². The summed E-state index contributed by atoms with van der Waals surface area (Å²) in [6.45, 7) is 1.58. The Morgan fingerprint density at radius 3 is 2.74 bits per heavy atom. The van der Waals surface area contributed by atoms with Crippen LogP contribution >= 0.6 is 0 Å². The van der Waals surface area contributed by atoms with Gasteiger partial charge in [-0.15, -0.1) is 0 Å². The van der Waals surface area contributed by atoms with Gasteiger partial charge in [0, 0.05) is 5.39 Å². The number of nitro groups is 1. The van der Waals surface area contributed by atoms with Crippen molar-refractivity contribution in [3.8, 4) is 5.69 Å². The number of pyridine rings is 1. The summed E-state index contributed by atoms with van der Waals surface area (Å²) in [6, 6.07) is 8.53. The summed E-state index contributed by atoms with van der Waals surface area (Å²) in [5.74, 6) is -0.525. The zero-order valence-corrected chi connectivity index (χ0v) is 12.4. The number of hydrogen-bond acceptors (Lipinski definition) is 6. The van der Waals surface area contributed by atoms with E-state index in [-0.39, 0.29) is 11.4 Å². The maximum atomic E-state index is 11.6. The summed E-state index contributed by atoms with van der Waals surface area (Å²) in [7, 11) is 1.29. The first-order valence-corrected chi connectivity index (χ1v) is 6.70. The van der Waals surface area contributed by atoms with Crippen molar-refractivity contribution < 1.29 is 14.5 Å². The molecule has 0 fully saturated rings. The lowest BCUT2D eigenvalue weighted by Crippen LogP contribution is -2.04. The number of methoxy groups -OCH3 is 1. The van der Waals surface area contributed by atoms with Crippen molar-refractivity contribution in [2.75, 3.05) is 7.11 Å². The van der Waals surface area contributed by atoms with Gasteiger partial charge in [-0.1, -0.05) is 6.07 Å². The lowest BCUT2D eigenvalue weighted by atomic mass is 10.1. The molecule has 2 aromatic heterocycles. The minimum absolute atomic E-state index is 0.0545. The molecule has 0 atom stereocenters. The predicted octanol–water partition coefficient (Wildman–Crippen LogP) is 2.42. The normalized spacial score (nSPS) is 10.7. The van der Waals surface area contributed by atoms with Crippen LogP contribution in [0.3, 0.4) is 0 Å². The Bertz CT molecular complexity index is 932. The second-order valence-corrected chi connectivity index (χ2v) is 4.83. The Labute approximate surface area is 130 Å². The third kappa shape index (κ3) is 2.50. The summed E-state index contributed by atoms with van der Waals surface area (Å²) >= 11 is 0. The Kier molecular flexibility index (Phi) is 3.49. The van der Waals surface area contributed by atoms with Crippen LogP contribution in [0.25, 0.3) is 16.6 Å². The highest BCUT2D eigenvalue weighted by atomic mass is 16.6. The summed E-state index contributed by atoms with van der Waals surface area (Å²) in [5.41, 5.74) is 1.68. The maximum absolute atomic E-state index is 11.6. The van der Waals surface area contributed by atoms with Crippen LogP contribution in [0.1, 0.15) is 16.2 Å². The highest BCUT2D eigenvalue weighted by molar-refractivity contribution is 5.93. The number of aryl methyl sites for hydroxylation is 1. The highest BCUT2D eigenvalue weighted by Gasteiger charge is 2.17. The van der Waals surface area contributed by atoms with E-state index in [9.17, 15) is 14.9 Å². The molecule has 8 heteroatoms. The lowest BCUT2D eigenvalue weighted by molar-refractivity contribution is -0.385. The Balaban J connectivity index is 2.17. The molecule has 1 aromatic carbocycles. The maximum Gasteiger partial charge on any atom is 0.356 e. The van der Waals surface area contributed by atoms with Gasteiger partial charge in [-0.05, 0) is 31.2 Å². The number of benzene rings is 1. The molecule has 0 aliphatic rings. The molecule has 0 radical (unpaired) electrons. The van der Waals surface area contributed by atoms with Gasteiger partial charge in [0.05, 0.1) is 23.2 Å². The van der Waals surface area contributed by atoms with Crippen LogP contribution in [0.5, 0.6) is 0 Å². The molecule has 0 saturated carbocycles. The summed E-state index contributed by atoms with van der Waals surface area (Å²) in [4.78, 5) is 26.3. The molecule has 0 spiro atoms. The molecular formula is C15H12N4O4. The molecule has 0 bridgehead atoms. The third-order valence-corrected chi connectivity index (χ3v) is 3.42. The molecule has 2 heterocycles. The Morgan fingerprint density at radius 2 is 2.09 bits per heavy atom. The van der Waals surface area contributed by atoms with E-state index in [1.807, 2.05) is 0 Å². The molecule has 116 valence electrons. The van der Waals surface area contributed by atoms with Gasteiger partial charge in [-0.2, -0.15) is 5.10 Å². The predicted molar refractivity (Wildman–Crippen MR) is 81.6 cm³/mol. The average Bonchev–Trinajstić information content (AvgIpc) is 2.95. The van der Waals surface area contributed by atoms with E-state index in [1.165, 1.54) is 18.0 Å². The number of esters is 1. The van der Waals surface area contributed by atoms with Gasteiger partial charge < -0.3 is 4.74 Å². The zero-order chi connectivity index (χ0) is 16.6. The molecule has 0 aliphatic carbocycles. The average molecular weight is 312 g/mol. The van der Waals surface area contributed by atoms with Crippen molar-refractivity contribution in [3.05, 3.63) is 58.0 Å². The van der Waals surface area contributed by atoms with E-state index in [0.29, 0.717) is 16.9 Å². The quantitative estimate of drug-likeness (QED) is 0.418. The van der Waals surface area contributed by atoms with Crippen molar-refractivity contribution in [2.24, 2.45) is 0 Å². The van der Waals surface area contributed by atoms with Gasteiger partial charge in [0.25, 0.3) is 0 Å². The van der Waals surface area contributed by atoms with Crippen LogP contribution in [0, 0.1) is 17.0 Å². The number of ether oxygens (including phenoxy) is 1. The van der Waals surface area contributed by atoms with Crippen molar-refractivity contribution in [2.45, 2.75) is 6.92 Å². The molecular weight excluding hydrogens is 300 g/mol. The summed E-state index contributed by atoms with van der Waals surface area (Å²) in [5, 5.41) is 15.9. The van der Waals surface area contributed by atoms with E-state index >= 15 is 0 Å². The first-order chi connectivity index (χ1) is 11.0. The number of rotatable bonds is 3. The monoisotopic (exact) mass is 312 g/mol. The molecule has 23 heavy (non-hydrogen) atoms. The van der Waals surface area contributed by atoms with Crippen LogP contribution in [-0.2, 0) is 4.74 Å². The topological polar surface area (TPSA) is 100 Å². The van der Waals surface area contributed by atoms with E-state index in [4.69, 9.17) is 0 Å². The fourth-order valence-electron chi connectivity index (χ4n) is 2.31. The highest BCUT2D eigenvalue weighted by Crippen LogP contribution is 2.24. The summed E-state index contributed by atoms with van der Waals surface area (Å²) in [6.07, 6.45) is 1.36. The van der Waals surface area contributed by atoms with Gasteiger partial charge in [-0.25, -0.2) is 14.5 Å². The molecule has 3 aromatic rings. The molecule has 0 saturated heterocycles. The number of hydrogen-bond donors (Lipinski definition) is 0. The lowest BCUT2D eigenvalue weighted by Gasteiger charge is -2.07. The van der Waals surface area contributed by atoms with Crippen LogP contribution in [0.2, 0.25) is 0 Å². The minimum Gasteiger partial charge on any atom is -0.464 e. The Morgan fingerprint density at radius 1 is 1.30 bits per heavy atom. The second kappa shape index (κ2) is 5.48. The summed E-state index contributed by atoms with van der Waals surface area (Å²) < 4.78 is 6.09. The van der Waals surface area contributed by atoms with E-state index in [1.54, 1.807) is 37.3 Å². The second-order valence-electron chi connectivity index (χ2n) is 4.83. The standard InChI is InChI=1S/C15H12N4O4/c1-9-14(19(21)22)8-18(17-9)13-5-3-4-11-10(13)6-7-12(16-11)15(20)23-2/h3-8H,1-2H3. The smallest absolute Gasteiger partial charge is 0.356 e. The fraction of sp³-hybridized carbons (Fsp3) is 0.133.